The van der Waals surface area contributed by atoms with Crippen molar-refractivity contribution in [2.24, 2.45) is 0 Å². The number of halogens is 1. The lowest BCUT2D eigenvalue weighted by atomic mass is 10.2. The van der Waals surface area contributed by atoms with Crippen LogP contribution in [0.5, 0.6) is 0 Å². The Kier molecular flexibility index (Phi) is 5.62. The van der Waals surface area contributed by atoms with Gasteiger partial charge in [0.2, 0.25) is 0 Å². The smallest absolute Gasteiger partial charge is 0.327 e. The first kappa shape index (κ1) is 19.1. The average molecular weight is 476 g/mol. The fourth-order valence-corrected chi connectivity index (χ4v) is 4.14. The number of hydrogen-bond acceptors (Lipinski definition) is 5. The molecule has 1 atom stereocenters. The first-order chi connectivity index (χ1) is 11.6. The lowest BCUT2D eigenvalue weighted by Crippen LogP contribution is -2.43. The summed E-state index contributed by atoms with van der Waals surface area (Å²) in [6.07, 6.45) is 0. The third kappa shape index (κ3) is 4.07. The Morgan fingerprint density at radius 3 is 2.36 bits per heavy atom. The number of rotatable bonds is 6. The normalized spacial score (nSPS) is 12.4. The molecule has 0 fully saturated rings. The maximum atomic E-state index is 13.0. The van der Waals surface area contributed by atoms with Gasteiger partial charge in [-0.1, -0.05) is 6.07 Å². The van der Waals surface area contributed by atoms with Gasteiger partial charge in [0.1, 0.15) is 6.04 Å². The summed E-state index contributed by atoms with van der Waals surface area (Å²) in [4.78, 5) is 21.3. The predicted molar refractivity (Wildman–Crippen MR) is 99.0 cm³/mol. The molecule has 0 aliphatic carbocycles. The molecule has 0 aromatic heterocycles. The van der Waals surface area contributed by atoms with Crippen LogP contribution in [0, 0.1) is 13.7 Å². The summed E-state index contributed by atoms with van der Waals surface area (Å²) in [6, 6.07) is 9.34. The van der Waals surface area contributed by atoms with E-state index < -0.39 is 32.6 Å². The number of sulfonamides is 1. The molecule has 0 saturated heterocycles. The van der Waals surface area contributed by atoms with E-state index >= 15 is 0 Å². The Hall–Kier alpha value is -2.21. The molecule has 1 N–H and O–H groups in total. The van der Waals surface area contributed by atoms with Crippen molar-refractivity contribution in [1.29, 1.82) is 0 Å². The second-order valence-corrected chi connectivity index (χ2v) is 8.11. The molecule has 0 spiro atoms. The molecular formula is C15H13IN2O6S. The zero-order valence-electron chi connectivity index (χ0n) is 12.9. The summed E-state index contributed by atoms with van der Waals surface area (Å²) in [6.45, 7) is 1.23. The zero-order valence-corrected chi connectivity index (χ0v) is 15.8. The van der Waals surface area contributed by atoms with Crippen LogP contribution in [0.4, 0.5) is 11.4 Å². The Morgan fingerprint density at radius 2 is 1.84 bits per heavy atom. The van der Waals surface area contributed by atoms with E-state index in [1.807, 2.05) is 22.6 Å². The third-order valence-electron chi connectivity index (χ3n) is 3.38. The second-order valence-electron chi connectivity index (χ2n) is 5.05. The zero-order chi connectivity index (χ0) is 18.8. The summed E-state index contributed by atoms with van der Waals surface area (Å²) in [5.74, 6) is -1.34. The molecule has 8 nitrogen and oxygen atoms in total. The molecule has 0 bridgehead atoms. The van der Waals surface area contributed by atoms with Gasteiger partial charge in [-0.2, -0.15) is 0 Å². The summed E-state index contributed by atoms with van der Waals surface area (Å²) in [7, 11) is -4.32. The minimum atomic E-state index is -4.32. The third-order valence-corrected chi connectivity index (χ3v) is 5.99. The van der Waals surface area contributed by atoms with Crippen molar-refractivity contribution in [2.45, 2.75) is 17.9 Å². The largest absolute Gasteiger partial charge is 0.480 e. The van der Waals surface area contributed by atoms with Crippen LogP contribution in [0.2, 0.25) is 0 Å². The topological polar surface area (TPSA) is 118 Å². The quantitative estimate of drug-likeness (QED) is 0.389. The number of benzene rings is 2. The average Bonchev–Trinajstić information content (AvgIpc) is 2.56. The number of nitrogens with zero attached hydrogens (tertiary/aromatic N) is 2. The van der Waals surface area contributed by atoms with E-state index in [4.69, 9.17) is 0 Å². The number of nitro benzene ring substituents is 1. The number of nitro groups is 1. The van der Waals surface area contributed by atoms with Crippen molar-refractivity contribution in [3.05, 3.63) is 62.2 Å². The fraction of sp³-hybridized carbons (Fsp3) is 0.133. The number of carboxylic acids is 1. The van der Waals surface area contributed by atoms with E-state index in [0.717, 1.165) is 20.0 Å². The van der Waals surface area contributed by atoms with Crippen molar-refractivity contribution in [3.8, 4) is 0 Å². The summed E-state index contributed by atoms with van der Waals surface area (Å²) >= 11 is 2.04. The highest BCUT2D eigenvalue weighted by Gasteiger charge is 2.34. The number of carboxylic acid groups (broad SMARTS) is 1. The number of carbonyl (C=O) groups is 1. The van der Waals surface area contributed by atoms with Crippen LogP contribution in [0.25, 0.3) is 0 Å². The van der Waals surface area contributed by atoms with E-state index in [1.165, 1.54) is 31.2 Å². The molecule has 0 amide bonds. The van der Waals surface area contributed by atoms with Crippen LogP contribution < -0.4 is 4.31 Å². The number of hydrogen-bond donors (Lipinski definition) is 1. The molecule has 0 radical (unpaired) electrons. The molecule has 0 aliphatic heterocycles. The van der Waals surface area contributed by atoms with Gasteiger partial charge in [0.25, 0.3) is 15.7 Å². The van der Waals surface area contributed by atoms with Crippen LogP contribution in [0.1, 0.15) is 6.92 Å². The van der Waals surface area contributed by atoms with Crippen molar-refractivity contribution in [3.63, 3.8) is 0 Å². The van der Waals surface area contributed by atoms with Gasteiger partial charge < -0.3 is 5.11 Å². The van der Waals surface area contributed by atoms with Crippen LogP contribution in [-0.4, -0.2) is 30.5 Å². The van der Waals surface area contributed by atoms with E-state index in [9.17, 15) is 28.4 Å². The van der Waals surface area contributed by atoms with E-state index in [-0.39, 0.29) is 10.6 Å². The Balaban J connectivity index is 2.63. The summed E-state index contributed by atoms with van der Waals surface area (Å²) in [5, 5.41) is 20.2. The molecule has 132 valence electrons. The predicted octanol–water partition coefficient (Wildman–Crippen LogP) is 2.87. The maximum Gasteiger partial charge on any atom is 0.327 e. The van der Waals surface area contributed by atoms with Crippen LogP contribution in [0.15, 0.2) is 53.4 Å². The van der Waals surface area contributed by atoms with E-state index in [1.54, 1.807) is 12.1 Å². The number of aliphatic carboxylic acids is 1. The van der Waals surface area contributed by atoms with Gasteiger partial charge in [-0.15, -0.1) is 0 Å². The second kappa shape index (κ2) is 7.35. The Labute approximate surface area is 157 Å². The SMILES string of the molecule is CC(C(=O)O)N(c1ccc(I)cc1)S(=O)(=O)c1cccc([N+](=O)[O-])c1. The minimum absolute atomic E-state index is 0.154. The molecule has 0 aliphatic rings. The van der Waals surface area contributed by atoms with Gasteiger partial charge in [0.05, 0.1) is 15.5 Å². The lowest BCUT2D eigenvalue weighted by Gasteiger charge is -2.28. The first-order valence-corrected chi connectivity index (χ1v) is 9.43. The van der Waals surface area contributed by atoms with Gasteiger partial charge >= 0.3 is 5.97 Å². The van der Waals surface area contributed by atoms with Crippen LogP contribution in [0.3, 0.4) is 0 Å². The molecule has 1 unspecified atom stereocenters. The molecule has 2 rings (SSSR count). The van der Waals surface area contributed by atoms with Crippen molar-refractivity contribution in [2.75, 3.05) is 4.31 Å². The Morgan fingerprint density at radius 1 is 1.24 bits per heavy atom. The number of non-ortho nitro benzene ring substituents is 1. The van der Waals surface area contributed by atoms with Gasteiger partial charge in [-0.3, -0.25) is 14.4 Å². The van der Waals surface area contributed by atoms with Gasteiger partial charge in [0, 0.05) is 15.7 Å². The lowest BCUT2D eigenvalue weighted by molar-refractivity contribution is -0.385. The standard InChI is InChI=1S/C15H13IN2O6S/c1-10(15(19)20)17(12-7-5-11(16)6-8-12)25(23,24)14-4-2-3-13(9-14)18(21)22/h2-10H,1H3,(H,19,20). The molecule has 10 heteroatoms. The molecule has 0 heterocycles. The molecule has 2 aromatic rings. The highest BCUT2D eigenvalue weighted by Crippen LogP contribution is 2.28. The van der Waals surface area contributed by atoms with E-state index in [0.29, 0.717) is 0 Å². The molecule has 25 heavy (non-hydrogen) atoms. The highest BCUT2D eigenvalue weighted by atomic mass is 127. The number of anilines is 1. The molecule has 2 aromatic carbocycles. The molecule has 0 saturated carbocycles. The summed E-state index contributed by atoms with van der Waals surface area (Å²) in [5.41, 5.74) is -0.242. The summed E-state index contributed by atoms with van der Waals surface area (Å²) < 4.78 is 27.5. The Bertz CT molecular complexity index is 914. The van der Waals surface area contributed by atoms with Crippen LogP contribution in [-0.2, 0) is 14.8 Å². The monoisotopic (exact) mass is 476 g/mol. The molecular weight excluding hydrogens is 463 g/mol. The van der Waals surface area contributed by atoms with Gasteiger partial charge in [-0.25, -0.2) is 13.2 Å². The van der Waals surface area contributed by atoms with Crippen molar-refractivity contribution < 1.29 is 23.2 Å². The first-order valence-electron chi connectivity index (χ1n) is 6.92. The van der Waals surface area contributed by atoms with Gasteiger partial charge in [-0.05, 0) is 59.8 Å². The van der Waals surface area contributed by atoms with Gasteiger partial charge in [0.15, 0.2) is 0 Å². The van der Waals surface area contributed by atoms with Crippen LogP contribution >= 0.6 is 22.6 Å². The fourth-order valence-electron chi connectivity index (χ4n) is 2.13. The minimum Gasteiger partial charge on any atom is -0.480 e. The van der Waals surface area contributed by atoms with E-state index in [2.05, 4.69) is 0 Å². The highest BCUT2D eigenvalue weighted by molar-refractivity contribution is 14.1. The maximum absolute atomic E-state index is 13.0. The van der Waals surface area contributed by atoms with Crippen molar-refractivity contribution >= 4 is 50.0 Å². The van der Waals surface area contributed by atoms with Crippen molar-refractivity contribution in [1.82, 2.24) is 0 Å².